The number of nitrogens with zero attached hydrogens (tertiary/aromatic N) is 4. The number of alkyl halides is 1. The summed E-state index contributed by atoms with van der Waals surface area (Å²) < 4.78 is 12.9. The van der Waals surface area contributed by atoms with Gasteiger partial charge in [-0.3, -0.25) is 19.6 Å². The summed E-state index contributed by atoms with van der Waals surface area (Å²) in [5, 5.41) is 0. The molecule has 4 aliphatic heterocycles. The standard InChI is InChI=1S/C9H18N2.C9H20N2.C8H17FN2.C8H18N2/c1-6(2)11-5-7-3-4-8(11)9(7)10;1-7(2)11-6-9(10)5-4-8(11)3;1-6(2)11-4-7(9)3-8(10)5-11;1-7(2)10-5-3-4-8(9)6-10/h6-9H,3-5,10H2,1-2H3;7-9H,4-6,10H2,1-3H3;6-8H,3-5,10H2,1-2H3;7-8H,3-6,9H2,1-2H3/t7-,8-,9-;8-,9+;7-,8-;8-/m1011/s1. The van der Waals surface area contributed by atoms with Gasteiger partial charge in [0, 0.05) is 93.1 Å². The first kappa shape index (κ1) is 38.8. The van der Waals surface area contributed by atoms with Crippen molar-refractivity contribution in [2.24, 2.45) is 28.9 Å². The summed E-state index contributed by atoms with van der Waals surface area (Å²) in [5.41, 5.74) is 23.4. The van der Waals surface area contributed by atoms with Crippen LogP contribution in [0, 0.1) is 5.92 Å². The predicted molar refractivity (Wildman–Crippen MR) is 183 cm³/mol. The van der Waals surface area contributed by atoms with Crippen LogP contribution in [-0.4, -0.2) is 125 Å². The second-order valence-corrected chi connectivity index (χ2v) is 15.4. The molecule has 0 aromatic carbocycles. The first-order valence-corrected chi connectivity index (χ1v) is 17.8. The molecule has 0 aromatic heterocycles. The molecular formula is C34H73FN8. The third kappa shape index (κ3) is 12.7. The van der Waals surface area contributed by atoms with Gasteiger partial charge in [-0.2, -0.15) is 0 Å². The highest BCUT2D eigenvalue weighted by Crippen LogP contribution is 2.37. The predicted octanol–water partition coefficient (Wildman–Crippen LogP) is 3.61. The molecule has 1 saturated carbocycles. The molecule has 9 heteroatoms. The third-order valence-electron chi connectivity index (χ3n) is 10.4. The molecular weight excluding hydrogens is 539 g/mol. The maximum atomic E-state index is 12.9. The maximum Gasteiger partial charge on any atom is 0.114 e. The normalized spacial score (nSPS) is 35.9. The van der Waals surface area contributed by atoms with E-state index >= 15 is 0 Å². The molecule has 0 amide bonds. The van der Waals surface area contributed by atoms with Gasteiger partial charge in [0.1, 0.15) is 6.17 Å². The molecule has 8 nitrogen and oxygen atoms in total. The lowest BCUT2D eigenvalue weighted by Crippen LogP contribution is -2.50. The molecule has 5 rings (SSSR count). The Labute approximate surface area is 265 Å². The summed E-state index contributed by atoms with van der Waals surface area (Å²) >= 11 is 0. The number of likely N-dealkylation sites (tertiary alicyclic amines) is 4. The van der Waals surface area contributed by atoms with Crippen molar-refractivity contribution in [3.63, 3.8) is 0 Å². The Morgan fingerprint density at radius 3 is 1.56 bits per heavy atom. The number of hydrogen-bond donors (Lipinski definition) is 4. The molecule has 43 heavy (non-hydrogen) atoms. The van der Waals surface area contributed by atoms with Crippen LogP contribution in [0.5, 0.6) is 0 Å². The van der Waals surface area contributed by atoms with Gasteiger partial charge in [-0.25, -0.2) is 4.39 Å². The SMILES string of the molecule is CC(C)N1CCC[C@@H](N)C1.CC(C)N1C[C@H](N)CC[C@@H]1C.CC(C)N1C[C@H](N)C[C@@H](F)C1.CC(C)N1C[C@H]2CC[C@@H]1[C@@H]2N. The van der Waals surface area contributed by atoms with Crippen LogP contribution in [0.25, 0.3) is 0 Å². The molecule has 1 aliphatic carbocycles. The molecule has 0 radical (unpaired) electrons. The van der Waals surface area contributed by atoms with E-state index in [2.05, 4.69) is 81.9 Å². The molecule has 4 heterocycles. The molecule has 0 unspecified atom stereocenters. The van der Waals surface area contributed by atoms with Crippen molar-refractivity contribution in [1.82, 2.24) is 19.6 Å². The Morgan fingerprint density at radius 1 is 0.581 bits per heavy atom. The van der Waals surface area contributed by atoms with Gasteiger partial charge in [-0.1, -0.05) is 0 Å². The van der Waals surface area contributed by atoms with Crippen molar-refractivity contribution in [3.8, 4) is 0 Å². The number of halogens is 1. The minimum absolute atomic E-state index is 0.0288. The van der Waals surface area contributed by atoms with Crippen LogP contribution in [0.2, 0.25) is 0 Å². The van der Waals surface area contributed by atoms with E-state index in [0.717, 1.165) is 31.6 Å². The Kier molecular flexibility index (Phi) is 16.9. The largest absolute Gasteiger partial charge is 0.327 e. The zero-order valence-electron chi connectivity index (χ0n) is 29.6. The summed E-state index contributed by atoms with van der Waals surface area (Å²) in [6.07, 6.45) is 7.47. The second-order valence-electron chi connectivity index (χ2n) is 15.4. The average molecular weight is 613 g/mol. The Morgan fingerprint density at radius 2 is 1.16 bits per heavy atom. The summed E-state index contributed by atoms with van der Waals surface area (Å²) in [4.78, 5) is 9.61. The summed E-state index contributed by atoms with van der Waals surface area (Å²) in [5.74, 6) is 0.808. The first-order valence-electron chi connectivity index (χ1n) is 17.8. The molecule has 8 atom stereocenters. The lowest BCUT2D eigenvalue weighted by Gasteiger charge is -2.39. The number of rotatable bonds is 4. The zero-order valence-corrected chi connectivity index (χ0v) is 29.6. The summed E-state index contributed by atoms with van der Waals surface area (Å²) in [7, 11) is 0. The molecule has 4 saturated heterocycles. The molecule has 2 bridgehead atoms. The van der Waals surface area contributed by atoms with Gasteiger partial charge in [-0.15, -0.1) is 0 Å². The van der Waals surface area contributed by atoms with Crippen molar-refractivity contribution in [1.29, 1.82) is 0 Å². The minimum Gasteiger partial charge on any atom is -0.327 e. The average Bonchev–Trinajstić information content (AvgIpc) is 3.45. The highest BCUT2D eigenvalue weighted by atomic mass is 19.1. The first-order chi connectivity index (χ1) is 20.1. The molecule has 0 spiro atoms. The van der Waals surface area contributed by atoms with E-state index in [1.807, 2.05) is 0 Å². The minimum atomic E-state index is -0.721. The van der Waals surface area contributed by atoms with Crippen molar-refractivity contribution >= 4 is 0 Å². The van der Waals surface area contributed by atoms with Gasteiger partial charge < -0.3 is 22.9 Å². The summed E-state index contributed by atoms with van der Waals surface area (Å²) in [6.45, 7) is 26.0. The van der Waals surface area contributed by atoms with Gasteiger partial charge in [0.15, 0.2) is 0 Å². The van der Waals surface area contributed by atoms with Gasteiger partial charge >= 0.3 is 0 Å². The monoisotopic (exact) mass is 613 g/mol. The molecule has 8 N–H and O–H groups in total. The van der Waals surface area contributed by atoms with Crippen LogP contribution in [0.4, 0.5) is 4.39 Å². The van der Waals surface area contributed by atoms with Crippen LogP contribution >= 0.6 is 0 Å². The summed E-state index contributed by atoms with van der Waals surface area (Å²) in [6, 6.07) is 5.22. The van der Waals surface area contributed by atoms with Crippen LogP contribution in [-0.2, 0) is 0 Å². The molecule has 5 fully saturated rings. The van der Waals surface area contributed by atoms with E-state index in [0.29, 0.717) is 61.3 Å². The third-order valence-corrected chi connectivity index (χ3v) is 10.4. The fourth-order valence-electron chi connectivity index (χ4n) is 7.61. The maximum absolute atomic E-state index is 12.9. The van der Waals surface area contributed by atoms with Crippen molar-refractivity contribution in [2.75, 3.05) is 39.3 Å². The molecule has 0 aromatic rings. The van der Waals surface area contributed by atoms with Crippen LogP contribution < -0.4 is 22.9 Å². The van der Waals surface area contributed by atoms with E-state index in [1.54, 1.807) is 0 Å². The molecule has 256 valence electrons. The van der Waals surface area contributed by atoms with Crippen LogP contribution in [0.15, 0.2) is 0 Å². The fraction of sp³-hybridized carbons (Fsp3) is 1.00. The Balaban J connectivity index is 0.000000200. The van der Waals surface area contributed by atoms with Crippen LogP contribution in [0.1, 0.15) is 107 Å². The smallest absolute Gasteiger partial charge is 0.114 e. The quantitative estimate of drug-likeness (QED) is 0.381. The van der Waals surface area contributed by atoms with Gasteiger partial charge in [0.2, 0.25) is 0 Å². The highest BCUT2D eigenvalue weighted by Gasteiger charge is 2.45. The lowest BCUT2D eigenvalue weighted by molar-refractivity contribution is 0.0987. The van der Waals surface area contributed by atoms with Crippen LogP contribution in [0.3, 0.4) is 0 Å². The number of hydrogen-bond acceptors (Lipinski definition) is 8. The molecule has 5 aliphatic rings. The Bertz CT molecular complexity index is 734. The Hall–Kier alpha value is -0.390. The van der Waals surface area contributed by atoms with Gasteiger partial charge in [0.05, 0.1) is 0 Å². The van der Waals surface area contributed by atoms with E-state index in [9.17, 15) is 4.39 Å². The topological polar surface area (TPSA) is 117 Å². The zero-order chi connectivity index (χ0) is 32.4. The van der Waals surface area contributed by atoms with Crippen molar-refractivity contribution in [2.45, 2.75) is 174 Å². The van der Waals surface area contributed by atoms with E-state index in [-0.39, 0.29) is 6.04 Å². The van der Waals surface area contributed by atoms with Crippen molar-refractivity contribution < 1.29 is 4.39 Å². The lowest BCUT2D eigenvalue weighted by atomic mass is 9.99. The number of piperidine rings is 4. The fourth-order valence-corrected chi connectivity index (χ4v) is 7.61. The second kappa shape index (κ2) is 18.7. The van der Waals surface area contributed by atoms with Gasteiger partial charge in [0.25, 0.3) is 0 Å². The van der Waals surface area contributed by atoms with E-state index in [1.165, 1.54) is 51.6 Å². The highest BCUT2D eigenvalue weighted by molar-refractivity contribution is 5.02. The van der Waals surface area contributed by atoms with E-state index < -0.39 is 6.17 Å². The number of fused-ring (bicyclic) bond motifs is 2. The van der Waals surface area contributed by atoms with E-state index in [4.69, 9.17) is 22.9 Å². The van der Waals surface area contributed by atoms with Gasteiger partial charge in [-0.05, 0) is 120 Å². The number of nitrogens with two attached hydrogens (primary N) is 4. The van der Waals surface area contributed by atoms with Crippen molar-refractivity contribution in [3.05, 3.63) is 0 Å².